The number of aromatic amines is 1. The van der Waals surface area contributed by atoms with E-state index >= 15 is 0 Å². The van der Waals surface area contributed by atoms with E-state index in [0.717, 1.165) is 29.8 Å². The number of hydrogen-bond acceptors (Lipinski definition) is 4. The van der Waals surface area contributed by atoms with Crippen molar-refractivity contribution in [2.75, 3.05) is 11.9 Å². The topological polar surface area (TPSA) is 83.8 Å². The molecule has 2 aromatic carbocycles. The first kappa shape index (κ1) is 17.1. The van der Waals surface area contributed by atoms with Crippen molar-refractivity contribution in [2.45, 2.75) is 26.3 Å². The van der Waals surface area contributed by atoms with Crippen molar-refractivity contribution >= 4 is 16.6 Å². The molecule has 5 nitrogen and oxygen atoms in total. The van der Waals surface area contributed by atoms with Crippen molar-refractivity contribution in [3.8, 4) is 0 Å². The Balaban J connectivity index is 0.000000157. The van der Waals surface area contributed by atoms with E-state index in [1.54, 1.807) is 19.1 Å². The predicted molar refractivity (Wildman–Crippen MR) is 98.3 cm³/mol. The molecule has 0 saturated carbocycles. The first-order valence-corrected chi connectivity index (χ1v) is 8.23. The summed E-state index contributed by atoms with van der Waals surface area (Å²) in [4.78, 5) is 18.8. The standard InChI is InChI=1S/C11H13N3O.C8H8FN/c1-6-4-3-5-8-9(6)11(15)14-10(13-8)7(2)12;9-7-1-2-8-6(5-7)3-4-10-8/h3-5,7H,12H2,1-2H3,(H,13,14,15);1-2,5,10H,3-4H2. The molecule has 1 atom stereocenters. The predicted octanol–water partition coefficient (Wildman–Crippen LogP) is 3.04. The number of nitrogens with two attached hydrogens (primary N) is 1. The van der Waals surface area contributed by atoms with E-state index in [-0.39, 0.29) is 17.4 Å². The minimum absolute atomic E-state index is 0.120. The third-order valence-electron chi connectivity index (χ3n) is 4.17. The molecule has 1 aromatic heterocycles. The van der Waals surface area contributed by atoms with Crippen LogP contribution >= 0.6 is 0 Å². The summed E-state index contributed by atoms with van der Waals surface area (Å²) in [5.74, 6) is 0.389. The van der Waals surface area contributed by atoms with Crippen molar-refractivity contribution < 1.29 is 4.39 Å². The lowest BCUT2D eigenvalue weighted by molar-refractivity contribution is 0.626. The van der Waals surface area contributed by atoms with Gasteiger partial charge < -0.3 is 16.0 Å². The zero-order chi connectivity index (χ0) is 18.0. The van der Waals surface area contributed by atoms with Crippen LogP contribution in [0.1, 0.15) is 29.9 Å². The lowest BCUT2D eigenvalue weighted by atomic mass is 10.1. The molecule has 130 valence electrons. The van der Waals surface area contributed by atoms with E-state index < -0.39 is 0 Å². The minimum Gasteiger partial charge on any atom is -0.384 e. The average molecular weight is 340 g/mol. The van der Waals surface area contributed by atoms with Gasteiger partial charge in [-0.1, -0.05) is 12.1 Å². The van der Waals surface area contributed by atoms with Gasteiger partial charge in [-0.15, -0.1) is 0 Å². The van der Waals surface area contributed by atoms with E-state index in [2.05, 4.69) is 15.3 Å². The fourth-order valence-electron chi connectivity index (χ4n) is 2.87. The summed E-state index contributed by atoms with van der Waals surface area (Å²) in [5, 5.41) is 3.80. The van der Waals surface area contributed by atoms with Crippen LogP contribution in [0.25, 0.3) is 10.9 Å². The number of halogens is 1. The Labute approximate surface area is 145 Å². The molecule has 4 rings (SSSR count). The summed E-state index contributed by atoms with van der Waals surface area (Å²) in [6.07, 6.45) is 0.951. The Morgan fingerprint density at radius 3 is 2.84 bits per heavy atom. The van der Waals surface area contributed by atoms with Gasteiger partial charge >= 0.3 is 0 Å². The SMILES string of the molecule is Cc1cccc2nc(C(C)N)[nH]c(=O)c12.Fc1ccc2c(c1)CCN2. The van der Waals surface area contributed by atoms with Gasteiger partial charge in [0.25, 0.3) is 5.56 Å². The molecule has 0 aliphatic carbocycles. The van der Waals surface area contributed by atoms with Crippen LogP contribution in [0.5, 0.6) is 0 Å². The van der Waals surface area contributed by atoms with Crippen LogP contribution in [-0.2, 0) is 6.42 Å². The maximum atomic E-state index is 12.5. The second-order valence-corrected chi connectivity index (χ2v) is 6.19. The summed E-state index contributed by atoms with van der Waals surface area (Å²) in [6, 6.07) is 10.2. The second kappa shape index (κ2) is 7.03. The highest BCUT2D eigenvalue weighted by Gasteiger charge is 2.09. The number of H-pyrrole nitrogens is 1. The number of benzene rings is 2. The first-order valence-electron chi connectivity index (χ1n) is 8.23. The molecule has 6 heteroatoms. The lowest BCUT2D eigenvalue weighted by Gasteiger charge is -2.06. The van der Waals surface area contributed by atoms with Gasteiger partial charge in [0.15, 0.2) is 0 Å². The molecule has 0 spiro atoms. The van der Waals surface area contributed by atoms with Crippen LogP contribution < -0.4 is 16.6 Å². The maximum Gasteiger partial charge on any atom is 0.259 e. The largest absolute Gasteiger partial charge is 0.384 e. The summed E-state index contributed by atoms with van der Waals surface area (Å²) in [5.41, 5.74) is 9.37. The van der Waals surface area contributed by atoms with Gasteiger partial charge in [-0.3, -0.25) is 4.79 Å². The number of anilines is 1. The minimum atomic E-state index is -0.261. The zero-order valence-corrected chi connectivity index (χ0v) is 14.3. The monoisotopic (exact) mass is 340 g/mol. The van der Waals surface area contributed by atoms with Gasteiger partial charge in [-0.05, 0) is 55.7 Å². The molecule has 0 fully saturated rings. The Morgan fingerprint density at radius 1 is 1.28 bits per heavy atom. The van der Waals surface area contributed by atoms with Gasteiger partial charge in [0, 0.05) is 12.2 Å². The van der Waals surface area contributed by atoms with Crippen LogP contribution in [0.3, 0.4) is 0 Å². The molecular formula is C19H21FN4O. The van der Waals surface area contributed by atoms with Crippen molar-refractivity contribution in [1.29, 1.82) is 0 Å². The van der Waals surface area contributed by atoms with Crippen LogP contribution in [0.2, 0.25) is 0 Å². The average Bonchev–Trinajstić information content (AvgIpc) is 3.02. The number of nitrogens with zero attached hydrogens (tertiary/aromatic N) is 1. The van der Waals surface area contributed by atoms with Crippen LogP contribution in [0.15, 0.2) is 41.2 Å². The highest BCUT2D eigenvalue weighted by molar-refractivity contribution is 5.80. The van der Waals surface area contributed by atoms with E-state index in [0.29, 0.717) is 16.7 Å². The second-order valence-electron chi connectivity index (χ2n) is 6.19. The smallest absolute Gasteiger partial charge is 0.259 e. The summed E-state index contributed by atoms with van der Waals surface area (Å²) < 4.78 is 12.5. The summed E-state index contributed by atoms with van der Waals surface area (Å²) in [7, 11) is 0. The zero-order valence-electron chi connectivity index (χ0n) is 14.3. The van der Waals surface area contributed by atoms with E-state index in [1.807, 2.05) is 25.1 Å². The molecule has 0 bridgehead atoms. The van der Waals surface area contributed by atoms with E-state index in [9.17, 15) is 9.18 Å². The Kier molecular flexibility index (Phi) is 4.81. The van der Waals surface area contributed by atoms with E-state index in [4.69, 9.17) is 5.73 Å². The molecule has 1 aliphatic heterocycles. The van der Waals surface area contributed by atoms with Crippen molar-refractivity contribution in [3.05, 3.63) is 69.5 Å². The normalized spacial score (nSPS) is 13.6. The number of nitrogens with one attached hydrogen (secondary N) is 2. The third kappa shape index (κ3) is 3.69. The molecule has 0 saturated heterocycles. The summed E-state index contributed by atoms with van der Waals surface area (Å²) in [6.45, 7) is 4.63. The highest BCUT2D eigenvalue weighted by Crippen LogP contribution is 2.21. The molecule has 1 aliphatic rings. The first-order chi connectivity index (χ1) is 12.0. The van der Waals surface area contributed by atoms with Crippen molar-refractivity contribution in [3.63, 3.8) is 0 Å². The van der Waals surface area contributed by atoms with Crippen LogP contribution in [-0.4, -0.2) is 16.5 Å². The molecule has 0 amide bonds. The Morgan fingerprint density at radius 2 is 2.08 bits per heavy atom. The van der Waals surface area contributed by atoms with Gasteiger partial charge in [-0.2, -0.15) is 0 Å². The van der Waals surface area contributed by atoms with Gasteiger partial charge in [0.05, 0.1) is 16.9 Å². The molecule has 3 aromatic rings. The van der Waals surface area contributed by atoms with Gasteiger partial charge in [-0.25, -0.2) is 9.37 Å². The molecule has 1 unspecified atom stereocenters. The Hall–Kier alpha value is -2.73. The fraction of sp³-hybridized carbons (Fsp3) is 0.263. The fourth-order valence-corrected chi connectivity index (χ4v) is 2.87. The van der Waals surface area contributed by atoms with Crippen molar-refractivity contribution in [1.82, 2.24) is 9.97 Å². The van der Waals surface area contributed by atoms with Gasteiger partial charge in [0.1, 0.15) is 11.6 Å². The number of hydrogen-bond donors (Lipinski definition) is 3. The molecule has 2 heterocycles. The van der Waals surface area contributed by atoms with Gasteiger partial charge in [0.2, 0.25) is 0 Å². The third-order valence-corrected chi connectivity index (χ3v) is 4.17. The quantitative estimate of drug-likeness (QED) is 0.636. The molecular weight excluding hydrogens is 319 g/mol. The molecule has 25 heavy (non-hydrogen) atoms. The number of aromatic nitrogens is 2. The number of rotatable bonds is 1. The lowest BCUT2D eigenvalue weighted by Crippen LogP contribution is -2.18. The van der Waals surface area contributed by atoms with Crippen molar-refractivity contribution in [2.24, 2.45) is 5.73 Å². The Bertz CT molecular complexity index is 965. The van der Waals surface area contributed by atoms with E-state index in [1.165, 1.54) is 6.07 Å². The molecule has 0 radical (unpaired) electrons. The molecule has 4 N–H and O–H groups in total. The number of aryl methyl sites for hydroxylation is 1. The highest BCUT2D eigenvalue weighted by atomic mass is 19.1. The van der Waals surface area contributed by atoms with Crippen LogP contribution in [0, 0.1) is 12.7 Å². The maximum absolute atomic E-state index is 12.5. The van der Waals surface area contributed by atoms with Crippen LogP contribution in [0.4, 0.5) is 10.1 Å². The summed E-state index contributed by atoms with van der Waals surface area (Å²) >= 11 is 0. The number of fused-ring (bicyclic) bond motifs is 2.